The maximum Gasteiger partial charge on any atom is 0.0638 e. The van der Waals surface area contributed by atoms with Crippen LogP contribution in [0.25, 0.3) is 0 Å². The highest BCUT2D eigenvalue weighted by molar-refractivity contribution is 4.89. The Morgan fingerprint density at radius 3 is 2.35 bits per heavy atom. The van der Waals surface area contributed by atoms with Crippen molar-refractivity contribution in [1.82, 2.24) is 10.2 Å². The Morgan fingerprint density at radius 2 is 1.85 bits per heavy atom. The minimum Gasteiger partial charge on any atom is -0.392 e. The Hall–Kier alpha value is -0.120. The lowest BCUT2D eigenvalue weighted by molar-refractivity contribution is 0.0707. The van der Waals surface area contributed by atoms with Crippen molar-refractivity contribution in [1.29, 1.82) is 0 Å². The zero-order valence-corrected chi connectivity index (χ0v) is 14.3. The number of likely N-dealkylation sites (N-methyl/N-ethyl adjacent to an activating group) is 1. The average Bonchev–Trinajstić information content (AvgIpc) is 2.31. The van der Waals surface area contributed by atoms with Gasteiger partial charge < -0.3 is 15.3 Å². The summed E-state index contributed by atoms with van der Waals surface area (Å²) < 4.78 is 0. The van der Waals surface area contributed by atoms with E-state index < -0.39 is 0 Å². The molecule has 0 aromatic heterocycles. The van der Waals surface area contributed by atoms with Gasteiger partial charge in [0.2, 0.25) is 0 Å². The van der Waals surface area contributed by atoms with Crippen molar-refractivity contribution in [2.75, 3.05) is 33.2 Å². The maximum absolute atomic E-state index is 9.57. The van der Waals surface area contributed by atoms with Crippen molar-refractivity contribution in [3.63, 3.8) is 0 Å². The molecule has 0 bridgehead atoms. The SMILES string of the molecule is CC(C)CNCC1(CN(C)CC(C)O)CCC(C)CC1. The van der Waals surface area contributed by atoms with Crippen molar-refractivity contribution in [3.05, 3.63) is 0 Å². The Bertz CT molecular complexity index is 258. The second-order valence-corrected chi connectivity index (χ2v) is 7.75. The van der Waals surface area contributed by atoms with E-state index in [4.69, 9.17) is 0 Å². The lowest BCUT2D eigenvalue weighted by atomic mass is 9.70. The molecule has 0 aromatic rings. The highest BCUT2D eigenvalue weighted by Gasteiger charge is 2.34. The number of nitrogens with zero attached hydrogens (tertiary/aromatic N) is 1. The fourth-order valence-electron chi connectivity index (χ4n) is 3.48. The summed E-state index contributed by atoms with van der Waals surface area (Å²) in [7, 11) is 2.15. The van der Waals surface area contributed by atoms with Crippen LogP contribution in [0.3, 0.4) is 0 Å². The van der Waals surface area contributed by atoms with Crippen LogP contribution in [-0.2, 0) is 0 Å². The number of aliphatic hydroxyl groups is 1. The van der Waals surface area contributed by atoms with Crippen LogP contribution in [0.1, 0.15) is 53.4 Å². The second kappa shape index (κ2) is 8.35. The van der Waals surface area contributed by atoms with Crippen molar-refractivity contribution in [2.45, 2.75) is 59.5 Å². The van der Waals surface area contributed by atoms with Crippen molar-refractivity contribution in [3.8, 4) is 0 Å². The van der Waals surface area contributed by atoms with Gasteiger partial charge in [-0.1, -0.05) is 33.6 Å². The minimum absolute atomic E-state index is 0.233. The third-order valence-electron chi connectivity index (χ3n) is 4.57. The first-order chi connectivity index (χ1) is 9.33. The number of hydrogen-bond donors (Lipinski definition) is 2. The van der Waals surface area contributed by atoms with Gasteiger partial charge in [-0.2, -0.15) is 0 Å². The van der Waals surface area contributed by atoms with Gasteiger partial charge in [0, 0.05) is 19.6 Å². The number of hydrogen-bond acceptors (Lipinski definition) is 3. The van der Waals surface area contributed by atoms with Gasteiger partial charge in [-0.25, -0.2) is 0 Å². The highest BCUT2D eigenvalue weighted by atomic mass is 16.3. The van der Waals surface area contributed by atoms with Crippen LogP contribution >= 0.6 is 0 Å². The molecule has 1 rings (SSSR count). The molecule has 0 saturated heterocycles. The zero-order chi connectivity index (χ0) is 15.2. The zero-order valence-electron chi connectivity index (χ0n) is 14.3. The molecule has 0 aliphatic heterocycles. The molecule has 20 heavy (non-hydrogen) atoms. The van der Waals surface area contributed by atoms with Gasteiger partial charge in [-0.3, -0.25) is 0 Å². The van der Waals surface area contributed by atoms with E-state index in [1.807, 2.05) is 6.92 Å². The van der Waals surface area contributed by atoms with E-state index >= 15 is 0 Å². The van der Waals surface area contributed by atoms with E-state index in [1.165, 1.54) is 25.7 Å². The molecule has 1 aliphatic rings. The van der Waals surface area contributed by atoms with E-state index in [2.05, 4.69) is 38.0 Å². The fraction of sp³-hybridized carbons (Fsp3) is 1.00. The summed E-state index contributed by atoms with van der Waals surface area (Å²) >= 11 is 0. The van der Waals surface area contributed by atoms with Gasteiger partial charge in [0.15, 0.2) is 0 Å². The molecule has 0 spiro atoms. The van der Waals surface area contributed by atoms with Crippen molar-refractivity contribution >= 4 is 0 Å². The Kier molecular flexibility index (Phi) is 7.49. The van der Waals surface area contributed by atoms with Crippen molar-refractivity contribution < 1.29 is 5.11 Å². The third kappa shape index (κ3) is 6.55. The van der Waals surface area contributed by atoms with Crippen LogP contribution in [0.2, 0.25) is 0 Å². The van der Waals surface area contributed by atoms with Crippen LogP contribution in [0.4, 0.5) is 0 Å². The molecule has 0 aromatic carbocycles. The van der Waals surface area contributed by atoms with Gasteiger partial charge in [-0.15, -0.1) is 0 Å². The molecular formula is C17H36N2O. The molecule has 2 N–H and O–H groups in total. The number of nitrogens with one attached hydrogen (secondary N) is 1. The summed E-state index contributed by atoms with van der Waals surface area (Å²) in [6.07, 6.45) is 5.12. The molecule has 1 atom stereocenters. The molecule has 1 unspecified atom stereocenters. The van der Waals surface area contributed by atoms with Crippen LogP contribution in [0, 0.1) is 17.3 Å². The normalized spacial score (nSPS) is 29.1. The van der Waals surface area contributed by atoms with Gasteiger partial charge in [0.05, 0.1) is 6.10 Å². The first-order valence-electron chi connectivity index (χ1n) is 8.40. The quantitative estimate of drug-likeness (QED) is 0.719. The largest absolute Gasteiger partial charge is 0.392 e. The smallest absolute Gasteiger partial charge is 0.0638 e. The summed E-state index contributed by atoms with van der Waals surface area (Å²) in [5, 5.41) is 13.2. The predicted molar refractivity (Wildman–Crippen MR) is 87.0 cm³/mol. The fourth-order valence-corrected chi connectivity index (χ4v) is 3.48. The van der Waals surface area contributed by atoms with E-state index in [0.717, 1.165) is 32.1 Å². The van der Waals surface area contributed by atoms with Crippen molar-refractivity contribution in [2.24, 2.45) is 17.3 Å². The van der Waals surface area contributed by atoms with Crippen LogP contribution in [-0.4, -0.2) is 49.3 Å². The van der Waals surface area contributed by atoms with E-state index in [1.54, 1.807) is 0 Å². The molecule has 1 fully saturated rings. The molecule has 3 heteroatoms. The molecule has 0 heterocycles. The first kappa shape index (κ1) is 17.9. The first-order valence-corrected chi connectivity index (χ1v) is 8.40. The molecular weight excluding hydrogens is 248 g/mol. The Morgan fingerprint density at radius 1 is 1.25 bits per heavy atom. The summed E-state index contributed by atoms with van der Waals surface area (Å²) in [5.41, 5.74) is 0.408. The molecule has 120 valence electrons. The van der Waals surface area contributed by atoms with Crippen LogP contribution in [0.5, 0.6) is 0 Å². The maximum atomic E-state index is 9.57. The molecule has 0 radical (unpaired) electrons. The van der Waals surface area contributed by atoms with E-state index in [-0.39, 0.29) is 6.10 Å². The Labute approximate surface area is 126 Å². The molecule has 0 amide bonds. The molecule has 1 aliphatic carbocycles. The summed E-state index contributed by atoms with van der Waals surface area (Å²) in [6, 6.07) is 0. The highest BCUT2D eigenvalue weighted by Crippen LogP contribution is 2.39. The predicted octanol–water partition coefficient (Wildman–Crippen LogP) is 2.74. The Balaban J connectivity index is 2.54. The van der Waals surface area contributed by atoms with Gasteiger partial charge in [-0.05, 0) is 50.6 Å². The molecule has 3 nitrogen and oxygen atoms in total. The third-order valence-corrected chi connectivity index (χ3v) is 4.57. The van der Waals surface area contributed by atoms with Crippen LogP contribution in [0.15, 0.2) is 0 Å². The van der Waals surface area contributed by atoms with Gasteiger partial charge in [0.25, 0.3) is 0 Å². The number of aliphatic hydroxyl groups excluding tert-OH is 1. The van der Waals surface area contributed by atoms with Gasteiger partial charge >= 0.3 is 0 Å². The van der Waals surface area contributed by atoms with Crippen LogP contribution < -0.4 is 5.32 Å². The number of rotatable bonds is 8. The lowest BCUT2D eigenvalue weighted by Crippen LogP contribution is -2.47. The second-order valence-electron chi connectivity index (χ2n) is 7.75. The lowest BCUT2D eigenvalue weighted by Gasteiger charge is -2.42. The van der Waals surface area contributed by atoms with Gasteiger partial charge in [0.1, 0.15) is 0 Å². The molecule has 1 saturated carbocycles. The summed E-state index contributed by atoms with van der Waals surface area (Å²) in [6.45, 7) is 12.9. The minimum atomic E-state index is -0.233. The topological polar surface area (TPSA) is 35.5 Å². The monoisotopic (exact) mass is 284 g/mol. The van der Waals surface area contributed by atoms with E-state index in [9.17, 15) is 5.11 Å². The average molecular weight is 284 g/mol. The van der Waals surface area contributed by atoms with E-state index in [0.29, 0.717) is 11.3 Å². The summed E-state index contributed by atoms with van der Waals surface area (Å²) in [4.78, 5) is 2.32. The standard InChI is InChI=1S/C17H36N2O/c1-14(2)10-18-12-17(8-6-15(3)7-9-17)13-19(5)11-16(4)20/h14-16,18,20H,6-13H2,1-5H3. The summed E-state index contributed by atoms with van der Waals surface area (Å²) in [5.74, 6) is 1.60.